The van der Waals surface area contributed by atoms with E-state index in [1.54, 1.807) is 12.1 Å². The van der Waals surface area contributed by atoms with Crippen molar-refractivity contribution >= 4 is 35.4 Å². The number of anilines is 1. The molecule has 4 N–H and O–H groups in total. The first-order valence-electron chi connectivity index (χ1n) is 8.48. The number of thiol groups is 1. The number of aromatic hydroxyl groups is 1. The number of phenols is 1. The largest absolute Gasteiger partial charge is 0.507 e. The molecule has 26 heavy (non-hydrogen) atoms. The van der Waals surface area contributed by atoms with Crippen LogP contribution >= 0.6 is 12.6 Å². The van der Waals surface area contributed by atoms with Gasteiger partial charge in [0.25, 0.3) is 0 Å². The molecular weight excluding hydrogens is 349 g/mol. The molecule has 132 valence electrons. The Bertz CT molecular complexity index is 1070. The van der Waals surface area contributed by atoms with Crippen LogP contribution in [0, 0.1) is 11.2 Å². The number of rotatable bonds is 2. The van der Waals surface area contributed by atoms with Crippen LogP contribution in [0.5, 0.6) is 5.75 Å². The van der Waals surface area contributed by atoms with Crippen molar-refractivity contribution < 1.29 is 9.50 Å². The fourth-order valence-electron chi connectivity index (χ4n) is 3.78. The molecule has 0 fully saturated rings. The number of hydrogen-bond acceptors (Lipinski definition) is 5. The lowest BCUT2D eigenvalue weighted by Gasteiger charge is -2.23. The standard InChI is InChI=1S/C20H18FN3OS/c21-18-12(5-8-16(25)20(18)26)19-11-4-2-1-3-10(11)17-13(9-22)14(23)6-7-15(17)24-19/h5-9,22,25-26H,1-4,23H2. The summed E-state index contributed by atoms with van der Waals surface area (Å²) < 4.78 is 14.8. The van der Waals surface area contributed by atoms with Crippen molar-refractivity contribution in [3.63, 3.8) is 0 Å². The second-order valence-electron chi connectivity index (χ2n) is 6.53. The maximum atomic E-state index is 14.8. The number of nitrogen functional groups attached to an aromatic ring is 1. The van der Waals surface area contributed by atoms with Crippen LogP contribution in [0.3, 0.4) is 0 Å². The molecule has 0 radical (unpaired) electrons. The van der Waals surface area contributed by atoms with E-state index in [4.69, 9.17) is 16.1 Å². The number of phenolic OH excluding ortho intramolecular Hbond substituents is 1. The summed E-state index contributed by atoms with van der Waals surface area (Å²) in [5.41, 5.74) is 11.0. The van der Waals surface area contributed by atoms with E-state index in [9.17, 15) is 9.50 Å². The number of aryl methyl sites for hydroxylation is 1. The van der Waals surface area contributed by atoms with Crippen LogP contribution < -0.4 is 5.73 Å². The van der Waals surface area contributed by atoms with Gasteiger partial charge in [-0.25, -0.2) is 9.37 Å². The van der Waals surface area contributed by atoms with E-state index in [1.165, 1.54) is 12.3 Å². The van der Waals surface area contributed by atoms with Gasteiger partial charge in [0.1, 0.15) is 11.6 Å². The van der Waals surface area contributed by atoms with Gasteiger partial charge in [-0.15, -0.1) is 12.6 Å². The van der Waals surface area contributed by atoms with Gasteiger partial charge in [-0.2, -0.15) is 0 Å². The SMILES string of the molecule is N=Cc1c(N)ccc2nc(-c3ccc(O)c(S)c3F)c3c(c12)CCCC3. The Kier molecular flexibility index (Phi) is 4.07. The van der Waals surface area contributed by atoms with Crippen LogP contribution in [0.1, 0.15) is 29.5 Å². The Labute approximate surface area is 155 Å². The quantitative estimate of drug-likeness (QED) is 0.306. The molecule has 4 rings (SSSR count). The molecule has 1 aliphatic carbocycles. The number of nitrogens with one attached hydrogen (secondary N) is 1. The number of aromatic nitrogens is 1. The molecule has 3 aromatic rings. The average Bonchev–Trinajstić information content (AvgIpc) is 2.66. The zero-order valence-corrected chi connectivity index (χ0v) is 14.9. The molecule has 0 saturated heterocycles. The Hall–Kier alpha value is -2.60. The van der Waals surface area contributed by atoms with E-state index in [2.05, 4.69) is 12.6 Å². The van der Waals surface area contributed by atoms with Gasteiger partial charge in [-0.05, 0) is 61.1 Å². The molecular formula is C20H18FN3OS. The van der Waals surface area contributed by atoms with Crippen LogP contribution in [0.15, 0.2) is 29.2 Å². The minimum Gasteiger partial charge on any atom is -0.507 e. The number of fused-ring (bicyclic) bond motifs is 3. The van der Waals surface area contributed by atoms with Crippen LogP contribution in [0.2, 0.25) is 0 Å². The fourth-order valence-corrected chi connectivity index (χ4v) is 3.98. The molecule has 6 heteroatoms. The molecule has 0 saturated carbocycles. The summed E-state index contributed by atoms with van der Waals surface area (Å²) in [6, 6.07) is 6.53. The van der Waals surface area contributed by atoms with E-state index in [0.29, 0.717) is 28.0 Å². The van der Waals surface area contributed by atoms with E-state index in [1.807, 2.05) is 6.07 Å². The normalized spacial score (nSPS) is 13.6. The van der Waals surface area contributed by atoms with Gasteiger partial charge >= 0.3 is 0 Å². The topological polar surface area (TPSA) is 83.0 Å². The number of pyridine rings is 1. The van der Waals surface area contributed by atoms with Crippen molar-refractivity contribution in [2.75, 3.05) is 5.73 Å². The lowest BCUT2D eigenvalue weighted by atomic mass is 9.84. The fraction of sp³-hybridized carbons (Fsp3) is 0.200. The van der Waals surface area contributed by atoms with E-state index < -0.39 is 5.82 Å². The minimum atomic E-state index is -0.573. The van der Waals surface area contributed by atoms with Crippen molar-refractivity contribution in [3.8, 4) is 17.0 Å². The molecule has 2 aromatic carbocycles. The molecule has 0 atom stereocenters. The van der Waals surface area contributed by atoms with Gasteiger partial charge in [0, 0.05) is 28.4 Å². The van der Waals surface area contributed by atoms with Gasteiger partial charge in [0.2, 0.25) is 0 Å². The highest BCUT2D eigenvalue weighted by Gasteiger charge is 2.24. The van der Waals surface area contributed by atoms with Crippen molar-refractivity contribution in [2.45, 2.75) is 30.6 Å². The highest BCUT2D eigenvalue weighted by Crippen LogP contribution is 2.40. The molecule has 0 spiro atoms. The van der Waals surface area contributed by atoms with Crippen molar-refractivity contribution in [3.05, 3.63) is 46.8 Å². The van der Waals surface area contributed by atoms with Gasteiger partial charge < -0.3 is 16.2 Å². The van der Waals surface area contributed by atoms with Crippen molar-refractivity contribution in [2.24, 2.45) is 0 Å². The van der Waals surface area contributed by atoms with E-state index >= 15 is 0 Å². The summed E-state index contributed by atoms with van der Waals surface area (Å²) in [4.78, 5) is 4.65. The van der Waals surface area contributed by atoms with Gasteiger partial charge in [0.15, 0.2) is 0 Å². The second-order valence-corrected chi connectivity index (χ2v) is 6.97. The molecule has 0 unspecified atom stereocenters. The van der Waals surface area contributed by atoms with E-state index in [0.717, 1.165) is 42.2 Å². The third-order valence-electron chi connectivity index (χ3n) is 5.04. The molecule has 0 aliphatic heterocycles. The summed E-state index contributed by atoms with van der Waals surface area (Å²) >= 11 is 4.08. The van der Waals surface area contributed by atoms with Gasteiger partial charge in [-0.3, -0.25) is 0 Å². The summed E-state index contributed by atoms with van der Waals surface area (Å²) in [6.45, 7) is 0. The number of hydrogen-bond donors (Lipinski definition) is 4. The smallest absolute Gasteiger partial charge is 0.149 e. The van der Waals surface area contributed by atoms with Crippen LogP contribution in [0.4, 0.5) is 10.1 Å². The summed E-state index contributed by atoms with van der Waals surface area (Å²) in [5, 5.41) is 18.4. The maximum Gasteiger partial charge on any atom is 0.149 e. The maximum absolute atomic E-state index is 14.8. The average molecular weight is 367 g/mol. The Morgan fingerprint density at radius 3 is 2.62 bits per heavy atom. The van der Waals surface area contributed by atoms with E-state index in [-0.39, 0.29) is 10.6 Å². The molecule has 1 heterocycles. The lowest BCUT2D eigenvalue weighted by Crippen LogP contribution is -2.10. The third kappa shape index (κ3) is 2.44. The summed E-state index contributed by atoms with van der Waals surface area (Å²) in [7, 11) is 0. The predicted molar refractivity (Wildman–Crippen MR) is 105 cm³/mol. The van der Waals surface area contributed by atoms with Crippen LogP contribution in [-0.2, 0) is 12.8 Å². The predicted octanol–water partition coefficient (Wildman–Crippen LogP) is 4.49. The number of halogens is 1. The van der Waals surface area contributed by atoms with Crippen molar-refractivity contribution in [1.29, 1.82) is 5.41 Å². The molecule has 1 aromatic heterocycles. The highest BCUT2D eigenvalue weighted by atomic mass is 32.1. The first-order valence-corrected chi connectivity index (χ1v) is 8.93. The minimum absolute atomic E-state index is 0.0774. The van der Waals surface area contributed by atoms with Crippen LogP contribution in [-0.4, -0.2) is 16.3 Å². The number of benzene rings is 2. The third-order valence-corrected chi connectivity index (χ3v) is 5.46. The number of nitrogens with zero attached hydrogens (tertiary/aromatic N) is 1. The van der Waals surface area contributed by atoms with Crippen molar-refractivity contribution in [1.82, 2.24) is 4.98 Å². The Balaban J connectivity index is 2.11. The first kappa shape index (κ1) is 16.8. The zero-order chi connectivity index (χ0) is 18.4. The van der Waals surface area contributed by atoms with Crippen LogP contribution in [0.25, 0.3) is 22.2 Å². The highest BCUT2D eigenvalue weighted by molar-refractivity contribution is 7.80. The molecule has 0 bridgehead atoms. The number of nitrogens with two attached hydrogens (primary N) is 1. The molecule has 1 aliphatic rings. The summed E-state index contributed by atoms with van der Waals surface area (Å²) in [5.74, 6) is -0.765. The summed E-state index contributed by atoms with van der Waals surface area (Å²) in [6.07, 6.45) is 4.94. The molecule has 0 amide bonds. The van der Waals surface area contributed by atoms with Gasteiger partial charge in [0.05, 0.1) is 16.1 Å². The molecule has 4 nitrogen and oxygen atoms in total. The monoisotopic (exact) mass is 367 g/mol. The second kappa shape index (κ2) is 6.29. The lowest BCUT2D eigenvalue weighted by molar-refractivity contribution is 0.451. The Morgan fingerprint density at radius 1 is 1.15 bits per heavy atom. The zero-order valence-electron chi connectivity index (χ0n) is 14.0. The van der Waals surface area contributed by atoms with Gasteiger partial charge in [-0.1, -0.05) is 0 Å². The first-order chi connectivity index (χ1) is 12.5. The Morgan fingerprint density at radius 2 is 1.88 bits per heavy atom.